The van der Waals surface area contributed by atoms with Gasteiger partial charge in [0, 0.05) is 32.2 Å². The molecule has 5 nitrogen and oxygen atoms in total. The minimum Gasteiger partial charge on any atom is -0.356 e. The van der Waals surface area contributed by atoms with Crippen LogP contribution in [-0.4, -0.2) is 38.5 Å². The Morgan fingerprint density at radius 2 is 1.58 bits per heavy atom. The number of alkyl halides is 3. The average molecular weight is 486 g/mol. The highest BCUT2D eigenvalue weighted by atomic mass is 127. The molecule has 0 bridgehead atoms. The minimum atomic E-state index is -4.41. The summed E-state index contributed by atoms with van der Waals surface area (Å²) >= 11 is 0. The molecule has 9 heteroatoms. The van der Waals surface area contributed by atoms with Crippen molar-refractivity contribution in [1.82, 2.24) is 16.0 Å². The van der Waals surface area contributed by atoms with E-state index in [1.807, 2.05) is 0 Å². The van der Waals surface area contributed by atoms with Gasteiger partial charge in [-0.3, -0.25) is 9.79 Å². The van der Waals surface area contributed by atoms with E-state index in [1.165, 1.54) is 0 Å². The van der Waals surface area contributed by atoms with Crippen LogP contribution < -0.4 is 16.0 Å². The summed E-state index contributed by atoms with van der Waals surface area (Å²) in [4.78, 5) is 16.0. The number of halogens is 4. The number of guanidine groups is 1. The zero-order chi connectivity index (χ0) is 18.9. The smallest absolute Gasteiger partial charge is 0.356 e. The molecule has 3 N–H and O–H groups in total. The monoisotopic (exact) mass is 486 g/mol. The summed E-state index contributed by atoms with van der Waals surface area (Å²) < 4.78 is 37.5. The summed E-state index contributed by atoms with van der Waals surface area (Å²) in [5, 5.41) is 8.86. The van der Waals surface area contributed by atoms with E-state index in [1.54, 1.807) is 7.05 Å². The maximum absolute atomic E-state index is 12.5. The molecule has 0 aromatic heterocycles. The first kappa shape index (κ1) is 24.5. The zero-order valence-electron chi connectivity index (χ0n) is 15.1. The highest BCUT2D eigenvalue weighted by Crippen LogP contribution is 2.28. The highest BCUT2D eigenvalue weighted by molar-refractivity contribution is 14.0. The predicted octanol–water partition coefficient (Wildman–Crippen LogP) is 3.26. The van der Waals surface area contributed by atoms with Crippen LogP contribution in [-0.2, 0) is 6.18 Å². The van der Waals surface area contributed by atoms with Gasteiger partial charge in [-0.05, 0) is 36.6 Å². The number of carbonyl (C=O) groups excluding carboxylic acids is 1. The van der Waals surface area contributed by atoms with Gasteiger partial charge in [0.25, 0.3) is 5.91 Å². The van der Waals surface area contributed by atoms with E-state index in [9.17, 15) is 18.0 Å². The van der Waals surface area contributed by atoms with Gasteiger partial charge in [-0.25, -0.2) is 0 Å². The van der Waals surface area contributed by atoms with E-state index in [0.717, 1.165) is 37.2 Å². The van der Waals surface area contributed by atoms with Crippen LogP contribution in [0.5, 0.6) is 0 Å². The van der Waals surface area contributed by atoms with E-state index in [-0.39, 0.29) is 29.5 Å². The quantitative estimate of drug-likeness (QED) is 0.240. The normalized spacial score (nSPS) is 11.7. The molecule has 0 aliphatic rings. The number of nitrogens with zero attached hydrogens (tertiary/aromatic N) is 1. The average Bonchev–Trinajstić information content (AvgIpc) is 2.55. The first-order valence-corrected chi connectivity index (χ1v) is 8.14. The van der Waals surface area contributed by atoms with Crippen LogP contribution in [0.2, 0.25) is 0 Å². The lowest BCUT2D eigenvalue weighted by molar-refractivity contribution is -0.137. The molecule has 0 aliphatic heterocycles. The Hall–Kier alpha value is -1.52. The highest BCUT2D eigenvalue weighted by Gasteiger charge is 2.30. The van der Waals surface area contributed by atoms with Crippen LogP contribution in [0.4, 0.5) is 13.2 Å². The third-order valence-electron chi connectivity index (χ3n) is 3.42. The maximum Gasteiger partial charge on any atom is 0.416 e. The van der Waals surface area contributed by atoms with Crippen molar-refractivity contribution in [3.8, 4) is 0 Å². The van der Waals surface area contributed by atoms with Crippen LogP contribution in [0, 0.1) is 5.92 Å². The second-order valence-electron chi connectivity index (χ2n) is 5.94. The van der Waals surface area contributed by atoms with Crippen LogP contribution >= 0.6 is 24.0 Å². The Bertz CT molecular complexity index is 574. The second-order valence-corrected chi connectivity index (χ2v) is 5.94. The largest absolute Gasteiger partial charge is 0.416 e. The number of hydrogen-bond donors (Lipinski definition) is 3. The van der Waals surface area contributed by atoms with Crippen molar-refractivity contribution in [1.29, 1.82) is 0 Å². The molecule has 0 fully saturated rings. The standard InChI is InChI=1S/C17H25F3N4O.HI/c1-12(2)8-9-23-16(21-3)24-11-10-22-15(25)13-4-6-14(7-5-13)17(18,19)20;/h4-7,12H,8-11H2,1-3H3,(H,22,25)(H2,21,23,24);1H. The van der Waals surface area contributed by atoms with Crippen LogP contribution in [0.25, 0.3) is 0 Å². The number of aliphatic imine (C=N–C) groups is 1. The molecular weight excluding hydrogens is 460 g/mol. The van der Waals surface area contributed by atoms with Crippen molar-refractivity contribution in [2.75, 3.05) is 26.7 Å². The van der Waals surface area contributed by atoms with E-state index < -0.39 is 17.6 Å². The molecule has 1 aromatic carbocycles. The molecule has 26 heavy (non-hydrogen) atoms. The van der Waals surface area contributed by atoms with Crippen LogP contribution in [0.1, 0.15) is 36.2 Å². The number of amides is 1. The lowest BCUT2D eigenvalue weighted by Crippen LogP contribution is -2.42. The number of nitrogens with one attached hydrogen (secondary N) is 3. The minimum absolute atomic E-state index is 0. The number of hydrogen-bond acceptors (Lipinski definition) is 2. The molecule has 0 radical (unpaired) electrons. The van der Waals surface area contributed by atoms with E-state index in [4.69, 9.17) is 0 Å². The molecular formula is C17H26F3IN4O. The first-order valence-electron chi connectivity index (χ1n) is 8.14. The topological polar surface area (TPSA) is 65.5 Å². The van der Waals surface area contributed by atoms with Gasteiger partial charge in [-0.15, -0.1) is 24.0 Å². The molecule has 1 rings (SSSR count). The molecule has 0 heterocycles. The number of rotatable bonds is 7. The van der Waals surface area contributed by atoms with Crippen molar-refractivity contribution >= 4 is 35.8 Å². The van der Waals surface area contributed by atoms with Gasteiger partial charge in [0.1, 0.15) is 0 Å². The first-order chi connectivity index (χ1) is 11.7. The van der Waals surface area contributed by atoms with Gasteiger partial charge in [0.2, 0.25) is 0 Å². The van der Waals surface area contributed by atoms with Gasteiger partial charge >= 0.3 is 6.18 Å². The summed E-state index contributed by atoms with van der Waals surface area (Å²) in [7, 11) is 1.66. The Labute approximate surface area is 169 Å². The maximum atomic E-state index is 12.5. The van der Waals surface area contributed by atoms with Gasteiger partial charge in [0.15, 0.2) is 5.96 Å². The molecule has 0 aliphatic carbocycles. The van der Waals surface area contributed by atoms with Gasteiger partial charge in [0.05, 0.1) is 5.56 Å². The molecule has 148 valence electrons. The van der Waals surface area contributed by atoms with Crippen molar-refractivity contribution in [3.05, 3.63) is 35.4 Å². The van der Waals surface area contributed by atoms with E-state index >= 15 is 0 Å². The van der Waals surface area contributed by atoms with Gasteiger partial charge < -0.3 is 16.0 Å². The summed E-state index contributed by atoms with van der Waals surface area (Å²) in [6, 6.07) is 4.12. The SMILES string of the molecule is CN=C(NCCNC(=O)c1ccc(C(F)(F)F)cc1)NCCC(C)C.I. The van der Waals surface area contributed by atoms with Crippen molar-refractivity contribution in [2.24, 2.45) is 10.9 Å². The molecule has 1 amide bonds. The van der Waals surface area contributed by atoms with E-state index in [0.29, 0.717) is 25.0 Å². The third-order valence-corrected chi connectivity index (χ3v) is 3.42. The van der Waals surface area contributed by atoms with Crippen molar-refractivity contribution in [3.63, 3.8) is 0 Å². The fourth-order valence-corrected chi connectivity index (χ4v) is 1.97. The molecule has 0 spiro atoms. The summed E-state index contributed by atoms with van der Waals surface area (Å²) in [5.74, 6) is 0.816. The Balaban J connectivity index is 0.00000625. The molecule has 0 saturated heterocycles. The lowest BCUT2D eigenvalue weighted by atomic mass is 10.1. The van der Waals surface area contributed by atoms with Gasteiger partial charge in [-0.2, -0.15) is 13.2 Å². The van der Waals surface area contributed by atoms with Crippen LogP contribution in [0.3, 0.4) is 0 Å². The Morgan fingerprint density at radius 3 is 2.08 bits per heavy atom. The van der Waals surface area contributed by atoms with Gasteiger partial charge in [-0.1, -0.05) is 13.8 Å². The lowest BCUT2D eigenvalue weighted by Gasteiger charge is -2.13. The molecule has 1 aromatic rings. The third kappa shape index (κ3) is 9.25. The zero-order valence-corrected chi connectivity index (χ0v) is 17.4. The van der Waals surface area contributed by atoms with Crippen LogP contribution in [0.15, 0.2) is 29.3 Å². The molecule has 0 saturated carbocycles. The van der Waals surface area contributed by atoms with Crippen molar-refractivity contribution in [2.45, 2.75) is 26.4 Å². The Kier molecular flexibility index (Phi) is 11.3. The predicted molar refractivity (Wildman–Crippen MR) is 108 cm³/mol. The Morgan fingerprint density at radius 1 is 1.04 bits per heavy atom. The fourth-order valence-electron chi connectivity index (χ4n) is 1.97. The summed E-state index contributed by atoms with van der Waals surface area (Å²) in [6.45, 7) is 5.84. The van der Waals surface area contributed by atoms with E-state index in [2.05, 4.69) is 34.8 Å². The number of carbonyl (C=O) groups is 1. The number of benzene rings is 1. The summed E-state index contributed by atoms with van der Waals surface area (Å²) in [5.41, 5.74) is -0.588. The molecule has 0 unspecified atom stereocenters. The summed E-state index contributed by atoms with van der Waals surface area (Å²) in [6.07, 6.45) is -3.39. The fraction of sp³-hybridized carbons (Fsp3) is 0.529. The van der Waals surface area contributed by atoms with Crippen molar-refractivity contribution < 1.29 is 18.0 Å². The second kappa shape index (κ2) is 12.0. The molecule has 0 atom stereocenters.